The van der Waals surface area contributed by atoms with Crippen molar-refractivity contribution in [3.8, 4) is 0 Å². The Morgan fingerprint density at radius 1 is 1.21 bits per heavy atom. The van der Waals surface area contributed by atoms with Gasteiger partial charge in [-0.25, -0.2) is 0 Å². The predicted octanol–water partition coefficient (Wildman–Crippen LogP) is -2.09. The van der Waals surface area contributed by atoms with E-state index < -0.39 is 30.4 Å². The van der Waals surface area contributed by atoms with Gasteiger partial charge in [-0.05, 0) is 13.3 Å². The quantitative estimate of drug-likeness (QED) is 0.392. The number of hydrogen-bond acceptors (Lipinski definition) is 5. The Bertz CT molecular complexity index is 225. The van der Waals surface area contributed by atoms with Crippen LogP contribution in [0.5, 0.6) is 0 Å². The van der Waals surface area contributed by atoms with Crippen LogP contribution in [0.15, 0.2) is 0 Å². The average Bonchev–Trinajstić information content (AvgIpc) is 2.55. The van der Waals surface area contributed by atoms with Gasteiger partial charge in [0.05, 0.1) is 37.0 Å². The topological polar surface area (TPSA) is 84.2 Å². The standard InChI is InChI=1S/C9H17NO4/c1-4-2-6(12)7-9(14)8(13)5(3-11)10(4)7/h4-9,11-14H,2-3H2,1H3/t4-,5-,6-,7+,8-,9+/m1/s1. The van der Waals surface area contributed by atoms with Crippen molar-refractivity contribution in [3.05, 3.63) is 0 Å². The second kappa shape index (κ2) is 3.43. The Morgan fingerprint density at radius 3 is 2.43 bits per heavy atom. The number of fused-ring (bicyclic) bond motifs is 1. The maximum atomic E-state index is 9.69. The molecule has 0 radical (unpaired) electrons. The average molecular weight is 203 g/mol. The molecular formula is C9H17NO4. The maximum Gasteiger partial charge on any atom is 0.0995 e. The molecule has 5 nitrogen and oxygen atoms in total. The van der Waals surface area contributed by atoms with Crippen molar-refractivity contribution < 1.29 is 20.4 Å². The van der Waals surface area contributed by atoms with Crippen LogP contribution in [0, 0.1) is 0 Å². The lowest BCUT2D eigenvalue weighted by molar-refractivity contribution is -0.00155. The minimum atomic E-state index is -0.956. The lowest BCUT2D eigenvalue weighted by atomic mass is 10.0. The van der Waals surface area contributed by atoms with Crippen molar-refractivity contribution >= 4 is 0 Å². The second-order valence-electron chi connectivity index (χ2n) is 4.32. The molecule has 0 bridgehead atoms. The van der Waals surface area contributed by atoms with E-state index in [9.17, 15) is 15.3 Å². The molecule has 2 heterocycles. The van der Waals surface area contributed by atoms with Gasteiger partial charge < -0.3 is 20.4 Å². The first-order valence-corrected chi connectivity index (χ1v) is 5.00. The third-order valence-corrected chi connectivity index (χ3v) is 3.49. The van der Waals surface area contributed by atoms with Crippen molar-refractivity contribution in [2.45, 2.75) is 49.8 Å². The maximum absolute atomic E-state index is 9.69. The fourth-order valence-electron chi connectivity index (χ4n) is 2.86. The molecule has 0 aliphatic carbocycles. The summed E-state index contributed by atoms with van der Waals surface area (Å²) in [6.45, 7) is 1.74. The van der Waals surface area contributed by atoms with Gasteiger partial charge in [0.1, 0.15) is 0 Å². The molecule has 0 unspecified atom stereocenters. The van der Waals surface area contributed by atoms with Gasteiger partial charge in [0.15, 0.2) is 0 Å². The Hall–Kier alpha value is -0.200. The van der Waals surface area contributed by atoms with Crippen LogP contribution < -0.4 is 0 Å². The lowest BCUT2D eigenvalue weighted by Gasteiger charge is -2.27. The van der Waals surface area contributed by atoms with Crippen LogP contribution >= 0.6 is 0 Å². The fourth-order valence-corrected chi connectivity index (χ4v) is 2.86. The molecule has 0 aromatic heterocycles. The highest BCUT2D eigenvalue weighted by Gasteiger charge is 2.55. The number of aliphatic hydroxyl groups excluding tert-OH is 4. The molecule has 2 saturated heterocycles. The molecule has 5 heteroatoms. The van der Waals surface area contributed by atoms with Gasteiger partial charge in [0, 0.05) is 6.04 Å². The molecular weight excluding hydrogens is 186 g/mol. The number of aliphatic hydroxyl groups is 4. The zero-order valence-electron chi connectivity index (χ0n) is 8.11. The first-order chi connectivity index (χ1) is 6.57. The van der Waals surface area contributed by atoms with Crippen molar-refractivity contribution in [1.29, 1.82) is 0 Å². The van der Waals surface area contributed by atoms with Gasteiger partial charge >= 0.3 is 0 Å². The van der Waals surface area contributed by atoms with Crippen molar-refractivity contribution in [1.82, 2.24) is 4.90 Å². The minimum Gasteiger partial charge on any atom is -0.395 e. The molecule has 2 fully saturated rings. The summed E-state index contributed by atoms with van der Waals surface area (Å²) in [5.41, 5.74) is 0. The SMILES string of the molecule is C[C@@H]1C[C@@H](O)[C@H]2[C@H](O)[C@H](O)[C@@H](CO)N21. The summed E-state index contributed by atoms with van der Waals surface area (Å²) in [4.78, 5) is 1.83. The van der Waals surface area contributed by atoms with E-state index in [1.54, 1.807) is 0 Å². The summed E-state index contributed by atoms with van der Waals surface area (Å²) >= 11 is 0. The van der Waals surface area contributed by atoms with Gasteiger partial charge in [-0.2, -0.15) is 0 Å². The largest absolute Gasteiger partial charge is 0.395 e. The monoisotopic (exact) mass is 203 g/mol. The zero-order chi connectivity index (χ0) is 10.5. The summed E-state index contributed by atoms with van der Waals surface area (Å²) in [5, 5.41) is 38.1. The summed E-state index contributed by atoms with van der Waals surface area (Å²) in [6.07, 6.45) is -1.92. The number of hydrogen-bond donors (Lipinski definition) is 4. The molecule has 14 heavy (non-hydrogen) atoms. The van der Waals surface area contributed by atoms with Crippen LogP contribution in [-0.4, -0.2) is 68.4 Å². The van der Waals surface area contributed by atoms with Crippen LogP contribution in [-0.2, 0) is 0 Å². The van der Waals surface area contributed by atoms with Crippen molar-refractivity contribution in [3.63, 3.8) is 0 Å². The van der Waals surface area contributed by atoms with E-state index in [1.165, 1.54) is 0 Å². The van der Waals surface area contributed by atoms with E-state index in [1.807, 2.05) is 11.8 Å². The normalized spacial score (nSPS) is 53.8. The molecule has 2 aliphatic rings. The highest BCUT2D eigenvalue weighted by molar-refractivity contribution is 5.09. The molecule has 82 valence electrons. The smallest absolute Gasteiger partial charge is 0.0995 e. The van der Waals surface area contributed by atoms with E-state index in [-0.39, 0.29) is 12.6 Å². The van der Waals surface area contributed by atoms with Gasteiger partial charge in [-0.1, -0.05) is 0 Å². The first-order valence-electron chi connectivity index (χ1n) is 5.00. The first kappa shape index (κ1) is 10.3. The van der Waals surface area contributed by atoms with Gasteiger partial charge in [-0.3, -0.25) is 4.90 Å². The van der Waals surface area contributed by atoms with E-state index in [0.29, 0.717) is 6.42 Å². The van der Waals surface area contributed by atoms with E-state index >= 15 is 0 Å². The summed E-state index contributed by atoms with van der Waals surface area (Å²) in [5.74, 6) is 0. The Kier molecular flexibility index (Phi) is 2.53. The van der Waals surface area contributed by atoms with Crippen LogP contribution in [0.3, 0.4) is 0 Å². The molecule has 0 aromatic rings. The predicted molar refractivity (Wildman–Crippen MR) is 48.6 cm³/mol. The van der Waals surface area contributed by atoms with E-state index in [2.05, 4.69) is 0 Å². The summed E-state index contributed by atoms with van der Waals surface area (Å²) < 4.78 is 0. The molecule has 4 N–H and O–H groups in total. The van der Waals surface area contributed by atoms with Crippen molar-refractivity contribution in [2.75, 3.05) is 6.61 Å². The van der Waals surface area contributed by atoms with Gasteiger partial charge in [-0.15, -0.1) is 0 Å². The molecule has 0 amide bonds. The third kappa shape index (κ3) is 1.20. The Morgan fingerprint density at radius 2 is 1.86 bits per heavy atom. The van der Waals surface area contributed by atoms with Crippen LogP contribution in [0.2, 0.25) is 0 Å². The van der Waals surface area contributed by atoms with Crippen LogP contribution in [0.25, 0.3) is 0 Å². The summed E-state index contributed by atoms with van der Waals surface area (Å²) in [6, 6.07) is -0.766. The van der Waals surface area contributed by atoms with E-state index in [4.69, 9.17) is 5.11 Å². The lowest BCUT2D eigenvalue weighted by Crippen LogP contribution is -2.43. The second-order valence-corrected chi connectivity index (χ2v) is 4.32. The number of nitrogens with zero attached hydrogens (tertiary/aromatic N) is 1. The molecule has 0 aromatic carbocycles. The van der Waals surface area contributed by atoms with Gasteiger partial charge in [0.2, 0.25) is 0 Å². The van der Waals surface area contributed by atoms with E-state index in [0.717, 1.165) is 0 Å². The summed E-state index contributed by atoms with van der Waals surface area (Å²) in [7, 11) is 0. The highest BCUT2D eigenvalue weighted by atomic mass is 16.3. The Labute approximate surface area is 82.6 Å². The third-order valence-electron chi connectivity index (χ3n) is 3.49. The van der Waals surface area contributed by atoms with Crippen molar-refractivity contribution in [2.24, 2.45) is 0 Å². The minimum absolute atomic E-state index is 0.0962. The molecule has 2 aliphatic heterocycles. The van der Waals surface area contributed by atoms with Gasteiger partial charge in [0.25, 0.3) is 0 Å². The fraction of sp³-hybridized carbons (Fsp3) is 1.00. The molecule has 6 atom stereocenters. The Balaban J connectivity index is 2.25. The molecule has 2 rings (SSSR count). The molecule has 0 spiro atoms. The molecule has 0 saturated carbocycles. The van der Waals surface area contributed by atoms with Crippen LogP contribution in [0.1, 0.15) is 13.3 Å². The number of rotatable bonds is 1. The van der Waals surface area contributed by atoms with Crippen LogP contribution in [0.4, 0.5) is 0 Å². The zero-order valence-corrected chi connectivity index (χ0v) is 8.11. The highest BCUT2D eigenvalue weighted by Crippen LogP contribution is 2.37.